The van der Waals surface area contributed by atoms with Gasteiger partial charge < -0.3 is 106 Å². The van der Waals surface area contributed by atoms with Gasteiger partial charge in [0, 0.05) is 69.5 Å². The topological polar surface area (TPSA) is 684 Å². The molecular weight excluding hydrogens is 1690 g/mol. The summed E-state index contributed by atoms with van der Waals surface area (Å²) in [5, 5.41) is 76.6. The molecule has 1 saturated heterocycles. The van der Waals surface area contributed by atoms with Crippen molar-refractivity contribution in [1.29, 1.82) is 10.8 Å². The number of fused-ring (bicyclic) bond motifs is 1. The van der Waals surface area contributed by atoms with Gasteiger partial charge in [0.2, 0.25) is 70.9 Å². The Morgan fingerprint density at radius 2 is 1.07 bits per heavy atom. The molecule has 0 aliphatic carbocycles. The van der Waals surface area contributed by atoms with Gasteiger partial charge in [-0.15, -0.1) is 0 Å². The standard InChI is InChI=1S/C85H122N22O19.C2H4O2/c1-8-51(6)73(103-81(118)66-30-21-39-104(66)83(120)67(29-15-17-35-86)105(71(109)48-87)70(108)44-54-45-72(110)126-69-47-56(125-7)32-33-57(54)69)82(119)102-63(41-50(4)5)78(115)100-65(43-53-24-13-10-14-25-53)80(117)101-64(42-52-22-11-9-12-23-52)79(116)98-61(28-20-38-95-85(91)92)76(113)99-62(40-49(2)3)77(114)97-60(75(112)96-59(74(88)111)27-19-37-94-84(89)90)26-16-18-36-93-58-34-31-55(106(121)122)46-68(58)107(123)124;1-2(3)4/h9-14,22-25,31-34,45-47,49-51,59-67,73,93H,8,15-21,26-30,35-44,48,86-87H2,1-7H3,(H2,88,111)(H,96,112)(H,97,114)(H,98,116)(H,99,113)(H,100,115)(H,101,117)(H,102,119)(H,103,118)(H4,89,90,94)(H4,91,92,95);1H3,(H,3,4)/t51-,59+,60-,61-,62-,63-,64-,65-,66-,67-,73-;/m0./s1. The number of anilines is 1. The van der Waals surface area contributed by atoms with Gasteiger partial charge in [0.15, 0.2) is 11.9 Å². The minimum absolute atomic E-state index is 0.00712. The molecule has 5 aromatic rings. The molecule has 0 radical (unpaired) electrons. The first-order chi connectivity index (χ1) is 61.7. The summed E-state index contributed by atoms with van der Waals surface area (Å²) in [5.74, 6) is -12.8. The van der Waals surface area contributed by atoms with Crippen LogP contribution >= 0.6 is 0 Å². The number of carbonyl (C=O) groups is 13. The Hall–Kier alpha value is -13.7. The Morgan fingerprint density at radius 3 is 1.55 bits per heavy atom. The third kappa shape index (κ3) is 35.5. The van der Waals surface area contributed by atoms with E-state index in [0.29, 0.717) is 41.5 Å². The smallest absolute Gasteiger partial charge is 0.336 e. The van der Waals surface area contributed by atoms with Crippen LogP contribution in [0.1, 0.15) is 161 Å². The summed E-state index contributed by atoms with van der Waals surface area (Å²) in [4.78, 5) is 222. The van der Waals surface area contributed by atoms with Crippen molar-refractivity contribution in [2.24, 2.45) is 46.4 Å². The van der Waals surface area contributed by atoms with E-state index in [4.69, 9.17) is 58.5 Å². The van der Waals surface area contributed by atoms with Gasteiger partial charge in [-0.05, 0) is 149 Å². The Morgan fingerprint density at radius 1 is 0.585 bits per heavy atom. The summed E-state index contributed by atoms with van der Waals surface area (Å²) >= 11 is 0. The minimum Gasteiger partial charge on any atom is -0.497 e. The fourth-order valence-corrected chi connectivity index (χ4v) is 14.5. The molecule has 710 valence electrons. The van der Waals surface area contributed by atoms with Crippen LogP contribution in [0.5, 0.6) is 5.75 Å². The summed E-state index contributed by atoms with van der Waals surface area (Å²) in [7, 11) is 1.42. The minimum atomic E-state index is -1.53. The second-order valence-electron chi connectivity index (χ2n) is 32.4. The number of unbranched alkanes of at least 4 members (excludes halogenated alkanes) is 2. The van der Waals surface area contributed by atoms with Crippen LogP contribution in [0.2, 0.25) is 0 Å². The van der Waals surface area contributed by atoms with Gasteiger partial charge in [-0.1, -0.05) is 109 Å². The molecule has 0 bridgehead atoms. The number of carboxylic acids is 1. The first-order valence-electron chi connectivity index (χ1n) is 43.2. The molecule has 43 nitrogen and oxygen atoms in total. The third-order valence-corrected chi connectivity index (χ3v) is 21.3. The van der Waals surface area contributed by atoms with E-state index in [9.17, 15) is 53.8 Å². The third-order valence-electron chi connectivity index (χ3n) is 21.3. The highest BCUT2D eigenvalue weighted by Crippen LogP contribution is 2.31. The monoisotopic (exact) mass is 1810 g/mol. The van der Waals surface area contributed by atoms with Gasteiger partial charge in [0.25, 0.3) is 17.3 Å². The summed E-state index contributed by atoms with van der Waals surface area (Å²) in [6.07, 6.45) is 0.511. The number of methoxy groups -OCH3 is 1. The predicted octanol–water partition coefficient (Wildman–Crippen LogP) is 1.85. The maximum absolute atomic E-state index is 15.3. The van der Waals surface area contributed by atoms with E-state index in [1.54, 1.807) is 114 Å². The number of guanidine groups is 2. The van der Waals surface area contributed by atoms with Crippen molar-refractivity contribution >= 4 is 117 Å². The highest BCUT2D eigenvalue weighted by Gasteiger charge is 2.44. The lowest BCUT2D eigenvalue weighted by molar-refractivity contribution is -0.393. The molecule has 0 saturated carbocycles. The number of nitro benzene ring substituents is 2. The SMILES string of the molecule is CC(=O)O.CC[C@H](C)[C@H](NC(=O)[C@@H]1CCCN1C(=O)[C@H](CCCCN)N(C(=O)CN)C(=O)Cc1cc(=O)oc2cc(OC)ccc12)C(=O)N[C@@H](CC(C)C)C(=O)N[C@@H](Cc1ccccc1)C(=O)N[C@@H](Cc1ccccc1)C(=O)N[C@@H](CCCNC(=N)N)C(=O)N[C@@H](CC(C)C)C(=O)N[C@@H](CCCCNc1ccc([N+](=O)[O-])cc1[N+](=O)[O-])C(=O)N[C@H](CCCNC(=N)N)C(N)=O. The van der Waals surface area contributed by atoms with Crippen molar-refractivity contribution in [2.75, 3.05) is 51.7 Å². The molecule has 12 amide bonds. The average molecular weight is 1820 g/mol. The van der Waals surface area contributed by atoms with Crippen molar-refractivity contribution in [1.82, 2.24) is 63.0 Å². The highest BCUT2D eigenvalue weighted by molar-refractivity contribution is 6.04. The highest BCUT2D eigenvalue weighted by atomic mass is 16.6. The quantitative estimate of drug-likeness (QED) is 0.00659. The van der Waals surface area contributed by atoms with Crippen molar-refractivity contribution in [3.63, 3.8) is 0 Å². The molecule has 6 rings (SSSR count). The Labute approximate surface area is 752 Å². The van der Waals surface area contributed by atoms with Crippen molar-refractivity contribution in [3.8, 4) is 5.75 Å². The fraction of sp³-hybridized carbons (Fsp3) is 0.517. The number of aliphatic carboxylic acids is 1. The lowest BCUT2D eigenvalue weighted by Gasteiger charge is -2.35. The lowest BCUT2D eigenvalue weighted by Crippen LogP contribution is -2.62. The van der Waals surface area contributed by atoms with Crippen LogP contribution in [0, 0.1) is 48.8 Å². The number of ether oxygens (including phenoxy) is 1. The molecule has 0 unspecified atom stereocenters. The molecule has 1 aliphatic heterocycles. The van der Waals surface area contributed by atoms with Gasteiger partial charge in [0.1, 0.15) is 77.4 Å². The van der Waals surface area contributed by atoms with Crippen molar-refractivity contribution < 1.29 is 86.4 Å². The second kappa shape index (κ2) is 54.4. The van der Waals surface area contributed by atoms with Crippen LogP contribution < -0.4 is 97.5 Å². The average Bonchev–Trinajstić information content (AvgIpc) is 1.24. The molecule has 11 atom stereocenters. The second-order valence-corrected chi connectivity index (χ2v) is 32.4. The molecule has 43 heteroatoms. The number of nitrogens with two attached hydrogens (primary N) is 5. The Kier molecular flexibility index (Phi) is 44.7. The molecule has 2 heterocycles. The van der Waals surface area contributed by atoms with Gasteiger partial charge in [0.05, 0.1) is 36.0 Å². The zero-order valence-electron chi connectivity index (χ0n) is 74.6. The molecule has 1 aromatic heterocycles. The zero-order valence-corrected chi connectivity index (χ0v) is 74.6. The summed E-state index contributed by atoms with van der Waals surface area (Å²) in [6, 6.07) is 11.7. The van der Waals surface area contributed by atoms with Crippen LogP contribution in [0.3, 0.4) is 0 Å². The number of nitrogens with one attached hydrogen (secondary N) is 13. The molecular formula is C87H126N22O21. The van der Waals surface area contributed by atoms with Gasteiger partial charge in [-0.3, -0.25) is 98.3 Å². The van der Waals surface area contributed by atoms with E-state index < -0.39 is 189 Å². The van der Waals surface area contributed by atoms with Crippen LogP contribution in [0.4, 0.5) is 17.1 Å². The largest absolute Gasteiger partial charge is 0.497 e. The Balaban J connectivity index is 0.00000732. The number of imide groups is 1. The first kappa shape index (κ1) is 107. The summed E-state index contributed by atoms with van der Waals surface area (Å²) in [6.45, 7) is 11.3. The van der Waals surface area contributed by atoms with Gasteiger partial charge in [-0.25, -0.2) is 4.79 Å². The summed E-state index contributed by atoms with van der Waals surface area (Å²) in [5.41, 5.74) is 28.1. The first-order valence-corrected chi connectivity index (χ1v) is 43.2. The van der Waals surface area contributed by atoms with Gasteiger partial charge in [-0.2, -0.15) is 0 Å². The van der Waals surface area contributed by atoms with E-state index in [1.165, 1.54) is 24.1 Å². The molecule has 130 heavy (non-hydrogen) atoms. The number of carboxylic acid groups (broad SMARTS) is 1. The van der Waals surface area contributed by atoms with E-state index >= 15 is 28.8 Å². The maximum atomic E-state index is 15.3. The van der Waals surface area contributed by atoms with E-state index in [0.717, 1.165) is 30.0 Å². The summed E-state index contributed by atoms with van der Waals surface area (Å²) < 4.78 is 10.7. The number of non-ortho nitro benzene ring substituents is 1. The van der Waals surface area contributed by atoms with Crippen LogP contribution in [0.25, 0.3) is 11.0 Å². The number of likely N-dealkylation sites (tertiary alicyclic amines) is 1. The molecule has 4 aromatic carbocycles. The predicted molar refractivity (Wildman–Crippen MR) is 482 cm³/mol. The molecule has 1 aliphatic rings. The maximum Gasteiger partial charge on any atom is 0.336 e. The number of rotatable bonds is 53. The lowest BCUT2D eigenvalue weighted by atomic mass is 9.96. The molecule has 24 N–H and O–H groups in total. The van der Waals surface area contributed by atoms with E-state index in [-0.39, 0.29) is 157 Å². The number of amides is 12. The number of nitrogens with zero attached hydrogens (tertiary/aromatic N) is 4. The molecule has 1 fully saturated rings. The zero-order chi connectivity index (χ0) is 96.4. The van der Waals surface area contributed by atoms with E-state index in [1.807, 2.05) is 0 Å². The van der Waals surface area contributed by atoms with Crippen molar-refractivity contribution in [2.45, 2.75) is 224 Å². The number of primary amides is 1. The Bertz CT molecular complexity index is 4790. The number of hydrogen-bond acceptors (Lipinski definition) is 25. The van der Waals surface area contributed by atoms with Gasteiger partial charge >= 0.3 is 5.63 Å². The van der Waals surface area contributed by atoms with Crippen LogP contribution in [-0.4, -0.2) is 220 Å². The normalized spacial score (nSPS) is 14.5. The molecule has 0 spiro atoms. The number of carbonyl (C=O) groups excluding carboxylic acids is 12. The van der Waals surface area contributed by atoms with E-state index in [2.05, 4.69) is 58.5 Å². The van der Waals surface area contributed by atoms with Crippen molar-refractivity contribution in [3.05, 3.63) is 150 Å². The van der Waals surface area contributed by atoms with Crippen LogP contribution in [0.15, 0.2) is 112 Å². The number of benzene rings is 4. The van der Waals surface area contributed by atoms with Crippen LogP contribution in [-0.2, 0) is 81.6 Å². The number of hydrogen-bond donors (Lipinski definition) is 19. The number of nitro groups is 2. The fourth-order valence-electron chi connectivity index (χ4n) is 14.5.